The first kappa shape index (κ1) is 19.0. The van der Waals surface area contributed by atoms with Crippen LogP contribution in [0, 0.1) is 5.92 Å². The van der Waals surface area contributed by atoms with E-state index in [1.807, 2.05) is 0 Å². The van der Waals surface area contributed by atoms with Gasteiger partial charge in [0.2, 0.25) is 16.0 Å². The third kappa shape index (κ3) is 5.13. The number of anilines is 3. The van der Waals surface area contributed by atoms with Gasteiger partial charge < -0.3 is 15.7 Å². The molecular weight excluding hydrogens is 422 g/mol. The van der Waals surface area contributed by atoms with Gasteiger partial charge in [-0.25, -0.2) is 18.1 Å². The van der Waals surface area contributed by atoms with Crippen molar-refractivity contribution in [3.05, 3.63) is 34.9 Å². The third-order valence-corrected chi connectivity index (χ3v) is 5.85. The van der Waals surface area contributed by atoms with E-state index in [-0.39, 0.29) is 11.5 Å². The Balaban J connectivity index is 1.67. The van der Waals surface area contributed by atoms with Crippen LogP contribution < -0.4 is 15.4 Å². The molecule has 3 rings (SSSR count). The quantitative estimate of drug-likeness (QED) is 0.470. The molecule has 0 unspecified atom stereocenters. The van der Waals surface area contributed by atoms with E-state index < -0.39 is 10.0 Å². The zero-order valence-corrected chi connectivity index (χ0v) is 16.3. The summed E-state index contributed by atoms with van der Waals surface area (Å²) in [5.74, 6) is 1.39. The first-order valence-electron chi connectivity index (χ1n) is 8.22. The van der Waals surface area contributed by atoms with Crippen molar-refractivity contribution in [1.29, 1.82) is 0 Å². The van der Waals surface area contributed by atoms with Crippen LogP contribution in [0.1, 0.15) is 12.8 Å². The van der Waals surface area contributed by atoms with Crippen LogP contribution in [-0.2, 0) is 10.0 Å². The van der Waals surface area contributed by atoms with Crippen LogP contribution in [0.3, 0.4) is 0 Å². The normalized spacial score (nSPS) is 14.2. The Kier molecular flexibility index (Phi) is 6.07. The Bertz CT molecular complexity index is 857. The number of aliphatic hydroxyl groups is 1. The van der Waals surface area contributed by atoms with E-state index in [1.165, 1.54) is 0 Å². The summed E-state index contributed by atoms with van der Waals surface area (Å²) in [6.07, 6.45) is 3.77. The highest BCUT2D eigenvalue weighted by atomic mass is 79.9. The van der Waals surface area contributed by atoms with Gasteiger partial charge >= 0.3 is 0 Å². The zero-order valence-electron chi connectivity index (χ0n) is 13.9. The van der Waals surface area contributed by atoms with E-state index in [0.29, 0.717) is 40.9 Å². The minimum atomic E-state index is -3.48. The lowest BCUT2D eigenvalue weighted by atomic mass is 10.3. The monoisotopic (exact) mass is 441 g/mol. The molecule has 26 heavy (non-hydrogen) atoms. The van der Waals surface area contributed by atoms with Crippen LogP contribution in [0.2, 0.25) is 0 Å². The number of nitrogens with zero attached hydrogens (tertiary/aromatic N) is 2. The SMILES string of the molecule is O=S(=O)(NCC1CC1)c1ccc(Nc2ncc(Br)c(NCCO)n2)cc1. The minimum Gasteiger partial charge on any atom is -0.395 e. The molecule has 1 aliphatic carbocycles. The second-order valence-electron chi connectivity index (χ2n) is 5.99. The molecule has 1 heterocycles. The fourth-order valence-corrected chi connectivity index (χ4v) is 3.65. The lowest BCUT2D eigenvalue weighted by Crippen LogP contribution is -2.25. The second-order valence-corrected chi connectivity index (χ2v) is 8.61. The summed E-state index contributed by atoms with van der Waals surface area (Å²) in [7, 11) is -3.48. The molecule has 0 bridgehead atoms. The maximum absolute atomic E-state index is 12.2. The van der Waals surface area contributed by atoms with Crippen molar-refractivity contribution in [1.82, 2.24) is 14.7 Å². The van der Waals surface area contributed by atoms with Crippen LogP contribution in [0.4, 0.5) is 17.5 Å². The molecule has 1 fully saturated rings. The molecule has 1 saturated carbocycles. The summed E-state index contributed by atoms with van der Waals surface area (Å²) in [6.45, 7) is 0.859. The van der Waals surface area contributed by atoms with Crippen molar-refractivity contribution in [3.63, 3.8) is 0 Å². The van der Waals surface area contributed by atoms with E-state index in [9.17, 15) is 8.42 Å². The molecule has 0 amide bonds. The topological polar surface area (TPSA) is 116 Å². The predicted molar refractivity (Wildman–Crippen MR) is 103 cm³/mol. The molecular formula is C16H20BrN5O3S. The summed E-state index contributed by atoms with van der Waals surface area (Å²) < 4.78 is 27.8. The van der Waals surface area contributed by atoms with Gasteiger partial charge in [-0.15, -0.1) is 0 Å². The minimum absolute atomic E-state index is 0.01000. The van der Waals surface area contributed by atoms with E-state index in [2.05, 4.69) is 41.3 Å². The fourth-order valence-electron chi connectivity index (χ4n) is 2.21. The van der Waals surface area contributed by atoms with Crippen molar-refractivity contribution >= 4 is 43.4 Å². The molecule has 10 heteroatoms. The molecule has 0 spiro atoms. The van der Waals surface area contributed by atoms with E-state index in [0.717, 1.165) is 12.8 Å². The standard InChI is InChI=1S/C16H20BrN5O3S/c17-14-10-19-16(22-15(14)18-7-8-23)21-12-3-5-13(6-4-12)26(24,25)20-9-11-1-2-11/h3-6,10-11,20,23H,1-2,7-9H2,(H2,18,19,21,22). The molecule has 4 N–H and O–H groups in total. The van der Waals surface area contributed by atoms with Crippen molar-refractivity contribution < 1.29 is 13.5 Å². The number of benzene rings is 1. The number of aromatic nitrogens is 2. The average molecular weight is 442 g/mol. The largest absolute Gasteiger partial charge is 0.395 e. The smallest absolute Gasteiger partial charge is 0.240 e. The summed E-state index contributed by atoms with van der Waals surface area (Å²) in [4.78, 5) is 8.70. The van der Waals surface area contributed by atoms with Crippen LogP contribution >= 0.6 is 15.9 Å². The van der Waals surface area contributed by atoms with Gasteiger partial charge in [-0.1, -0.05) is 0 Å². The Morgan fingerprint density at radius 1 is 1.23 bits per heavy atom. The lowest BCUT2D eigenvalue weighted by Gasteiger charge is -2.10. The highest BCUT2D eigenvalue weighted by Gasteiger charge is 2.24. The van der Waals surface area contributed by atoms with E-state index in [1.54, 1.807) is 30.5 Å². The van der Waals surface area contributed by atoms with E-state index >= 15 is 0 Å². The molecule has 140 valence electrons. The van der Waals surface area contributed by atoms with Gasteiger partial charge in [0.05, 0.1) is 16.0 Å². The maximum atomic E-state index is 12.2. The molecule has 1 aromatic heterocycles. The maximum Gasteiger partial charge on any atom is 0.240 e. The van der Waals surface area contributed by atoms with Crippen LogP contribution in [-0.4, -0.2) is 43.2 Å². The molecule has 1 aromatic carbocycles. The first-order valence-corrected chi connectivity index (χ1v) is 10.5. The number of rotatable bonds is 9. The fraction of sp³-hybridized carbons (Fsp3) is 0.375. The number of hydrogen-bond acceptors (Lipinski definition) is 7. The van der Waals surface area contributed by atoms with Crippen molar-refractivity contribution in [2.24, 2.45) is 5.92 Å². The molecule has 0 radical (unpaired) electrons. The number of nitrogens with one attached hydrogen (secondary N) is 3. The first-order chi connectivity index (χ1) is 12.5. The summed E-state index contributed by atoms with van der Waals surface area (Å²) >= 11 is 3.34. The number of aliphatic hydroxyl groups excluding tert-OH is 1. The van der Waals surface area contributed by atoms with Crippen LogP contribution in [0.5, 0.6) is 0 Å². The molecule has 0 aliphatic heterocycles. The Hall–Kier alpha value is -1.75. The van der Waals surface area contributed by atoms with Gasteiger partial charge in [0, 0.05) is 25.0 Å². The van der Waals surface area contributed by atoms with Crippen LogP contribution in [0.25, 0.3) is 0 Å². The highest BCUT2D eigenvalue weighted by molar-refractivity contribution is 9.10. The van der Waals surface area contributed by atoms with Gasteiger partial charge in [0.1, 0.15) is 5.82 Å². The van der Waals surface area contributed by atoms with Gasteiger partial charge in [-0.05, 0) is 59.0 Å². The van der Waals surface area contributed by atoms with Gasteiger partial charge in [0.15, 0.2) is 0 Å². The Morgan fingerprint density at radius 2 is 1.96 bits per heavy atom. The van der Waals surface area contributed by atoms with Gasteiger partial charge in [-0.3, -0.25) is 0 Å². The second kappa shape index (κ2) is 8.30. The van der Waals surface area contributed by atoms with Gasteiger partial charge in [0.25, 0.3) is 0 Å². The van der Waals surface area contributed by atoms with Gasteiger partial charge in [-0.2, -0.15) is 4.98 Å². The molecule has 2 aromatic rings. The van der Waals surface area contributed by atoms with Crippen molar-refractivity contribution in [2.45, 2.75) is 17.7 Å². The van der Waals surface area contributed by atoms with E-state index in [4.69, 9.17) is 5.11 Å². The van der Waals surface area contributed by atoms with Crippen molar-refractivity contribution in [3.8, 4) is 0 Å². The third-order valence-electron chi connectivity index (χ3n) is 3.83. The predicted octanol–water partition coefficient (Wildman–Crippen LogP) is 2.08. The zero-order chi connectivity index (χ0) is 18.6. The van der Waals surface area contributed by atoms with Crippen molar-refractivity contribution in [2.75, 3.05) is 30.3 Å². The van der Waals surface area contributed by atoms with Crippen LogP contribution in [0.15, 0.2) is 39.8 Å². The lowest BCUT2D eigenvalue weighted by molar-refractivity contribution is 0.311. The Morgan fingerprint density at radius 3 is 2.62 bits per heavy atom. The molecule has 0 saturated heterocycles. The molecule has 1 aliphatic rings. The highest BCUT2D eigenvalue weighted by Crippen LogP contribution is 2.28. The number of halogens is 1. The number of hydrogen-bond donors (Lipinski definition) is 4. The summed E-state index contributed by atoms with van der Waals surface area (Å²) in [5.41, 5.74) is 0.668. The summed E-state index contributed by atoms with van der Waals surface area (Å²) in [6, 6.07) is 6.42. The number of sulfonamides is 1. The average Bonchev–Trinajstić information content (AvgIpc) is 3.45. The molecule has 0 atom stereocenters. The summed E-state index contributed by atoms with van der Waals surface area (Å²) in [5, 5.41) is 14.9. The Labute approximate surface area is 160 Å². The molecule has 8 nitrogen and oxygen atoms in total.